The zero-order chi connectivity index (χ0) is 28.0. The quantitative estimate of drug-likeness (QED) is 0.384. The molecule has 14 heteroatoms. The molecule has 3 aromatic heterocycles. The van der Waals surface area contributed by atoms with Crippen molar-refractivity contribution in [3.8, 4) is 11.4 Å². The van der Waals surface area contributed by atoms with Crippen LogP contribution in [0.2, 0.25) is 0 Å². The smallest absolute Gasteiger partial charge is 0.409 e. The van der Waals surface area contributed by atoms with E-state index in [1.807, 2.05) is 12.1 Å². The van der Waals surface area contributed by atoms with Crippen molar-refractivity contribution in [2.75, 3.05) is 56.6 Å². The van der Waals surface area contributed by atoms with Crippen LogP contribution in [0.1, 0.15) is 27.9 Å². The van der Waals surface area contributed by atoms with Gasteiger partial charge in [0.05, 0.1) is 30.5 Å². The highest BCUT2D eigenvalue weighted by Gasteiger charge is 2.36. The monoisotopic (exact) mass is 552 g/mol. The number of benzene rings is 1. The summed E-state index contributed by atoms with van der Waals surface area (Å²) < 4.78 is 42.1. The highest BCUT2D eigenvalue weighted by Crippen LogP contribution is 2.33. The molecule has 0 bridgehead atoms. The maximum Gasteiger partial charge on any atom is 0.409 e. The van der Waals surface area contributed by atoms with E-state index in [2.05, 4.69) is 35.4 Å². The fourth-order valence-electron chi connectivity index (χ4n) is 4.89. The number of methoxy groups -OCH3 is 1. The lowest BCUT2D eigenvalue weighted by molar-refractivity contribution is 0.0804. The molecule has 0 atom stereocenters. The zero-order valence-electron chi connectivity index (χ0n) is 21.8. The molecule has 2 amide bonds. The minimum absolute atomic E-state index is 0.0825. The van der Waals surface area contributed by atoms with E-state index in [1.54, 1.807) is 10.6 Å². The van der Waals surface area contributed by atoms with Crippen LogP contribution in [-0.2, 0) is 4.74 Å². The first-order chi connectivity index (χ1) is 19.3. The molecule has 0 unspecified atom stereocenters. The molecule has 4 aromatic rings. The van der Waals surface area contributed by atoms with Gasteiger partial charge in [0.1, 0.15) is 17.2 Å². The second-order valence-corrected chi connectivity index (χ2v) is 9.70. The standard InChI is InChI=1S/C26H26F2N8O4/c1-14-18(27)10-17(23-32-25(40-33-23)15-12-35(13-15)26(38)39-2)21(28)22(14)31-24(37)19-11-30-20-9-16(3-6-36(19)20)34-7-4-29-5-8-34/h3,6,9-11,15,29H,4-5,7-8,12-13H2,1-2H3,(H,31,37). The van der Waals surface area contributed by atoms with Gasteiger partial charge in [0.25, 0.3) is 5.91 Å². The van der Waals surface area contributed by atoms with Gasteiger partial charge in [-0.25, -0.2) is 18.6 Å². The van der Waals surface area contributed by atoms with Crippen LogP contribution in [0, 0.1) is 18.6 Å². The van der Waals surface area contributed by atoms with Crippen LogP contribution in [0.15, 0.2) is 35.1 Å². The van der Waals surface area contributed by atoms with Crippen LogP contribution in [-0.4, -0.2) is 82.8 Å². The molecule has 12 nitrogen and oxygen atoms in total. The SMILES string of the molecule is COC(=O)N1CC(c2nc(-c3cc(F)c(C)c(NC(=O)c4cnc5cc(N6CCNCC6)ccn45)c3F)no2)C1. The molecule has 2 saturated heterocycles. The summed E-state index contributed by atoms with van der Waals surface area (Å²) in [6.45, 7) is 5.45. The van der Waals surface area contributed by atoms with Crippen molar-refractivity contribution in [3.63, 3.8) is 0 Å². The van der Waals surface area contributed by atoms with E-state index in [4.69, 9.17) is 4.52 Å². The number of carbonyl (C=O) groups is 2. The summed E-state index contributed by atoms with van der Waals surface area (Å²) in [5.74, 6) is -2.55. The number of hydrogen-bond acceptors (Lipinski definition) is 9. The van der Waals surface area contributed by atoms with E-state index in [0.29, 0.717) is 18.7 Å². The lowest BCUT2D eigenvalue weighted by Crippen LogP contribution is -2.48. The lowest BCUT2D eigenvalue weighted by atomic mass is 10.0. The summed E-state index contributed by atoms with van der Waals surface area (Å²) in [7, 11) is 1.28. The molecule has 2 fully saturated rings. The average Bonchev–Trinajstić information content (AvgIpc) is 3.60. The third kappa shape index (κ3) is 4.49. The number of imidazole rings is 1. The number of rotatable bonds is 5. The Hall–Kier alpha value is -4.59. The first-order valence-electron chi connectivity index (χ1n) is 12.7. The molecular weight excluding hydrogens is 526 g/mol. The number of carbonyl (C=O) groups excluding carboxylic acids is 2. The van der Waals surface area contributed by atoms with Crippen molar-refractivity contribution in [2.24, 2.45) is 0 Å². The van der Waals surface area contributed by atoms with Crippen LogP contribution in [0.25, 0.3) is 17.0 Å². The molecule has 40 heavy (non-hydrogen) atoms. The van der Waals surface area contributed by atoms with E-state index < -0.39 is 23.6 Å². The number of ether oxygens (including phenoxy) is 1. The van der Waals surface area contributed by atoms with E-state index >= 15 is 4.39 Å². The summed E-state index contributed by atoms with van der Waals surface area (Å²) in [5, 5.41) is 9.61. The fourth-order valence-corrected chi connectivity index (χ4v) is 4.89. The Bertz CT molecular complexity index is 1610. The van der Waals surface area contributed by atoms with Gasteiger partial charge in [-0.2, -0.15) is 4.98 Å². The average molecular weight is 553 g/mol. The first kappa shape index (κ1) is 25.7. The molecular formula is C26H26F2N8O4. The lowest BCUT2D eigenvalue weighted by Gasteiger charge is -2.35. The number of nitrogens with one attached hydrogen (secondary N) is 2. The maximum atomic E-state index is 15.7. The topological polar surface area (TPSA) is 130 Å². The highest BCUT2D eigenvalue weighted by atomic mass is 19.1. The first-order valence-corrected chi connectivity index (χ1v) is 12.7. The molecule has 0 aliphatic carbocycles. The fraction of sp³-hybridized carbons (Fsp3) is 0.346. The third-order valence-electron chi connectivity index (χ3n) is 7.26. The van der Waals surface area contributed by atoms with Crippen molar-refractivity contribution in [2.45, 2.75) is 12.8 Å². The van der Waals surface area contributed by atoms with E-state index in [-0.39, 0.29) is 40.1 Å². The van der Waals surface area contributed by atoms with Gasteiger partial charge in [-0.15, -0.1) is 0 Å². The van der Waals surface area contributed by atoms with Crippen LogP contribution in [0.3, 0.4) is 0 Å². The Labute approximate surface area is 226 Å². The van der Waals surface area contributed by atoms with E-state index in [1.165, 1.54) is 25.1 Å². The predicted molar refractivity (Wildman–Crippen MR) is 139 cm³/mol. The Balaban J connectivity index is 1.24. The number of pyridine rings is 1. The molecule has 0 radical (unpaired) electrons. The van der Waals surface area contributed by atoms with Gasteiger partial charge in [0.2, 0.25) is 11.7 Å². The second-order valence-electron chi connectivity index (χ2n) is 9.70. The molecule has 2 N–H and O–H groups in total. The van der Waals surface area contributed by atoms with Gasteiger partial charge >= 0.3 is 6.09 Å². The Morgan fingerprint density at radius 2 is 1.98 bits per heavy atom. The van der Waals surface area contributed by atoms with Gasteiger partial charge in [-0.3, -0.25) is 9.20 Å². The van der Waals surface area contributed by atoms with Crippen LogP contribution < -0.4 is 15.5 Å². The highest BCUT2D eigenvalue weighted by molar-refractivity contribution is 6.04. The van der Waals surface area contributed by atoms with Gasteiger partial charge in [0, 0.05) is 62.8 Å². The molecule has 5 heterocycles. The summed E-state index contributed by atoms with van der Waals surface area (Å²) >= 11 is 0. The summed E-state index contributed by atoms with van der Waals surface area (Å²) in [6, 6.07) is 4.74. The van der Waals surface area contributed by atoms with Crippen molar-refractivity contribution < 1.29 is 27.6 Å². The number of aromatic nitrogens is 4. The second kappa shape index (κ2) is 10.2. The number of piperazine rings is 1. The molecule has 0 saturated carbocycles. The van der Waals surface area contributed by atoms with Crippen molar-refractivity contribution >= 4 is 29.0 Å². The number of likely N-dealkylation sites (tertiary alicyclic amines) is 1. The molecule has 1 aromatic carbocycles. The Kier molecular flexibility index (Phi) is 6.54. The molecule has 6 rings (SSSR count). The largest absolute Gasteiger partial charge is 0.453 e. The Morgan fingerprint density at radius 3 is 2.73 bits per heavy atom. The summed E-state index contributed by atoms with van der Waals surface area (Å²) in [4.78, 5) is 37.0. The van der Waals surface area contributed by atoms with E-state index in [0.717, 1.165) is 37.9 Å². The van der Waals surface area contributed by atoms with Crippen LogP contribution >= 0.6 is 0 Å². The Morgan fingerprint density at radius 1 is 1.20 bits per heavy atom. The van der Waals surface area contributed by atoms with Gasteiger partial charge in [0.15, 0.2) is 5.82 Å². The number of hydrogen-bond donors (Lipinski definition) is 2. The number of amides is 2. The summed E-state index contributed by atoms with van der Waals surface area (Å²) in [6.07, 6.45) is 2.65. The number of nitrogens with zero attached hydrogens (tertiary/aromatic N) is 6. The van der Waals surface area contributed by atoms with Crippen LogP contribution in [0.5, 0.6) is 0 Å². The van der Waals surface area contributed by atoms with Gasteiger partial charge in [-0.05, 0) is 19.1 Å². The van der Waals surface area contributed by atoms with E-state index in [9.17, 15) is 14.0 Å². The minimum Gasteiger partial charge on any atom is -0.453 e. The number of anilines is 2. The van der Waals surface area contributed by atoms with Crippen molar-refractivity contribution in [1.82, 2.24) is 29.7 Å². The minimum atomic E-state index is -0.904. The molecule has 0 spiro atoms. The molecule has 2 aliphatic heterocycles. The molecule has 2 aliphatic rings. The van der Waals surface area contributed by atoms with Crippen LogP contribution in [0.4, 0.5) is 25.0 Å². The number of halogens is 2. The predicted octanol–water partition coefficient (Wildman–Crippen LogP) is 2.80. The summed E-state index contributed by atoms with van der Waals surface area (Å²) in [5.41, 5.74) is 1.02. The van der Waals surface area contributed by atoms with Gasteiger partial charge in [-0.1, -0.05) is 5.16 Å². The maximum absolute atomic E-state index is 15.7. The van der Waals surface area contributed by atoms with Crippen molar-refractivity contribution in [3.05, 3.63) is 59.4 Å². The number of fused-ring (bicyclic) bond motifs is 1. The van der Waals surface area contributed by atoms with Crippen molar-refractivity contribution in [1.29, 1.82) is 0 Å². The zero-order valence-corrected chi connectivity index (χ0v) is 21.8. The van der Waals surface area contributed by atoms with Gasteiger partial charge < -0.3 is 29.7 Å². The normalized spacial score (nSPS) is 15.8. The third-order valence-corrected chi connectivity index (χ3v) is 7.26. The molecule has 208 valence electrons.